The third-order valence-electron chi connectivity index (χ3n) is 5.92. The maximum absolute atomic E-state index is 15.7. The van der Waals surface area contributed by atoms with Crippen LogP contribution in [0.25, 0.3) is 28.0 Å². The minimum absolute atomic E-state index is 0.0572. The number of hydroxylamine groups is 2. The molecule has 1 aliphatic heterocycles. The summed E-state index contributed by atoms with van der Waals surface area (Å²) < 4.78 is 31.2. The Labute approximate surface area is 188 Å². The van der Waals surface area contributed by atoms with Crippen molar-refractivity contribution >= 4 is 16.7 Å². The Morgan fingerprint density at radius 1 is 1.06 bits per heavy atom. The highest BCUT2D eigenvalue weighted by Crippen LogP contribution is 2.32. The third kappa shape index (κ3) is 3.66. The molecule has 1 N–H and O–H groups in total. The minimum Gasteiger partial charge on any atom is -0.366 e. The summed E-state index contributed by atoms with van der Waals surface area (Å²) in [6.07, 6.45) is 0. The van der Waals surface area contributed by atoms with Gasteiger partial charge in [-0.05, 0) is 30.7 Å². The van der Waals surface area contributed by atoms with Gasteiger partial charge in [-0.2, -0.15) is 19.9 Å². The lowest BCUT2D eigenvalue weighted by Gasteiger charge is -2.34. The Kier molecular flexibility index (Phi) is 5.39. The average molecular weight is 452 g/mol. The van der Waals surface area contributed by atoms with Gasteiger partial charge in [0.1, 0.15) is 22.7 Å². The van der Waals surface area contributed by atoms with Crippen LogP contribution in [0.4, 0.5) is 14.5 Å². The summed E-state index contributed by atoms with van der Waals surface area (Å²) in [7, 11) is 1.62. The number of nitrogens with one attached hydrogen (secondary N) is 1. The van der Waals surface area contributed by atoms with Crippen LogP contribution in [0.5, 0.6) is 0 Å². The molecule has 8 nitrogen and oxygen atoms in total. The SMILES string of the molecule is CON1CCN(c2cccc(-c3n[nH]c4cc(=O)n(-c5c(C)cccc5F)nc34)c2F)CC1. The quantitative estimate of drug-likeness (QED) is 0.513. The van der Waals surface area contributed by atoms with E-state index in [1.165, 1.54) is 12.1 Å². The standard InChI is InChI=1S/C23H22F2N6O2/c1-14-5-3-7-16(24)23(14)31-19(32)13-17-22(28-31)21(27-26-17)15-6-4-8-18(20(15)25)29-9-11-30(33-2)12-10-29/h3-8,13,26H,9-12H2,1-2H3. The summed E-state index contributed by atoms with van der Waals surface area (Å²) in [6.45, 7) is 4.22. The van der Waals surface area contributed by atoms with Crippen LogP contribution in [-0.4, -0.2) is 58.3 Å². The van der Waals surface area contributed by atoms with Crippen molar-refractivity contribution in [3.8, 4) is 16.9 Å². The largest absolute Gasteiger partial charge is 0.366 e. The fraction of sp³-hybridized carbons (Fsp3) is 0.261. The Hall–Kier alpha value is -3.63. The second kappa shape index (κ2) is 8.38. The molecular formula is C23H22F2N6O2. The number of para-hydroxylation sites is 1. The van der Waals surface area contributed by atoms with Crippen LogP contribution >= 0.6 is 0 Å². The number of anilines is 1. The lowest BCUT2D eigenvalue weighted by atomic mass is 10.1. The molecule has 0 spiro atoms. The van der Waals surface area contributed by atoms with Gasteiger partial charge in [0.05, 0.1) is 18.3 Å². The first-order chi connectivity index (χ1) is 16.0. The van der Waals surface area contributed by atoms with Gasteiger partial charge in [-0.25, -0.2) is 8.78 Å². The zero-order valence-electron chi connectivity index (χ0n) is 18.2. The number of aryl methyl sites for hydroxylation is 1. The highest BCUT2D eigenvalue weighted by Gasteiger charge is 2.23. The van der Waals surface area contributed by atoms with E-state index in [1.54, 1.807) is 44.4 Å². The molecule has 0 amide bonds. The molecule has 1 fully saturated rings. The van der Waals surface area contributed by atoms with Gasteiger partial charge in [0.2, 0.25) is 0 Å². The zero-order chi connectivity index (χ0) is 23.1. The molecule has 1 saturated heterocycles. The molecular weight excluding hydrogens is 430 g/mol. The molecule has 3 heterocycles. The Bertz CT molecular complexity index is 1370. The summed E-state index contributed by atoms with van der Waals surface area (Å²) in [6, 6.07) is 10.9. The topological polar surface area (TPSA) is 79.3 Å². The molecule has 2 aromatic carbocycles. The average Bonchev–Trinajstić information content (AvgIpc) is 3.21. The van der Waals surface area contributed by atoms with E-state index in [2.05, 4.69) is 15.3 Å². The smallest absolute Gasteiger partial charge is 0.273 e. The molecule has 4 aromatic rings. The Morgan fingerprint density at radius 2 is 1.82 bits per heavy atom. The first-order valence-corrected chi connectivity index (χ1v) is 10.5. The zero-order valence-corrected chi connectivity index (χ0v) is 18.2. The van der Waals surface area contributed by atoms with E-state index >= 15 is 4.39 Å². The van der Waals surface area contributed by atoms with Crippen LogP contribution in [0.2, 0.25) is 0 Å². The monoisotopic (exact) mass is 452 g/mol. The molecule has 0 unspecified atom stereocenters. The first kappa shape index (κ1) is 21.2. The van der Waals surface area contributed by atoms with E-state index in [0.29, 0.717) is 42.9 Å². The number of aromatic nitrogens is 4. The van der Waals surface area contributed by atoms with Gasteiger partial charge in [0.15, 0.2) is 5.82 Å². The molecule has 0 aliphatic carbocycles. The second-order valence-electron chi connectivity index (χ2n) is 7.87. The van der Waals surface area contributed by atoms with Crippen molar-refractivity contribution in [1.82, 2.24) is 25.0 Å². The molecule has 2 aromatic heterocycles. The Morgan fingerprint density at radius 3 is 2.55 bits per heavy atom. The van der Waals surface area contributed by atoms with Crippen molar-refractivity contribution in [2.75, 3.05) is 38.2 Å². The maximum atomic E-state index is 15.7. The lowest BCUT2D eigenvalue weighted by Crippen LogP contribution is -2.46. The first-order valence-electron chi connectivity index (χ1n) is 10.5. The van der Waals surface area contributed by atoms with Crippen molar-refractivity contribution in [3.05, 3.63) is 70.0 Å². The number of hydrogen-bond acceptors (Lipinski definition) is 6. The number of rotatable bonds is 4. The van der Waals surface area contributed by atoms with E-state index in [4.69, 9.17) is 4.84 Å². The van der Waals surface area contributed by atoms with Gasteiger partial charge >= 0.3 is 0 Å². The number of hydrogen-bond donors (Lipinski definition) is 1. The molecule has 0 saturated carbocycles. The molecule has 170 valence electrons. The number of H-pyrrole nitrogens is 1. The van der Waals surface area contributed by atoms with Crippen molar-refractivity contribution in [2.24, 2.45) is 0 Å². The van der Waals surface area contributed by atoms with Gasteiger partial charge < -0.3 is 9.74 Å². The highest BCUT2D eigenvalue weighted by molar-refractivity contribution is 5.90. The van der Waals surface area contributed by atoms with Crippen LogP contribution in [0.1, 0.15) is 5.56 Å². The van der Waals surface area contributed by atoms with Crippen LogP contribution < -0.4 is 10.5 Å². The number of nitrogens with zero attached hydrogens (tertiary/aromatic N) is 5. The lowest BCUT2D eigenvalue weighted by molar-refractivity contribution is -0.133. The molecule has 5 rings (SSSR count). The fourth-order valence-corrected chi connectivity index (χ4v) is 4.18. The normalized spacial score (nSPS) is 14.8. The summed E-state index contributed by atoms with van der Waals surface area (Å²) in [5.41, 5.74) is 1.67. The van der Waals surface area contributed by atoms with E-state index in [9.17, 15) is 9.18 Å². The summed E-state index contributed by atoms with van der Waals surface area (Å²) >= 11 is 0. The van der Waals surface area contributed by atoms with E-state index in [-0.39, 0.29) is 22.5 Å². The summed E-state index contributed by atoms with van der Waals surface area (Å²) in [4.78, 5) is 19.9. The van der Waals surface area contributed by atoms with Crippen molar-refractivity contribution in [1.29, 1.82) is 0 Å². The number of piperazine rings is 1. The van der Waals surface area contributed by atoms with E-state index < -0.39 is 17.2 Å². The van der Waals surface area contributed by atoms with Gasteiger partial charge in [-0.15, -0.1) is 0 Å². The van der Waals surface area contributed by atoms with Gasteiger partial charge in [-0.3, -0.25) is 9.89 Å². The van der Waals surface area contributed by atoms with Gasteiger partial charge in [0, 0.05) is 37.8 Å². The second-order valence-corrected chi connectivity index (χ2v) is 7.87. The van der Waals surface area contributed by atoms with E-state index in [0.717, 1.165) is 4.68 Å². The predicted molar refractivity (Wildman–Crippen MR) is 120 cm³/mol. The third-order valence-corrected chi connectivity index (χ3v) is 5.92. The summed E-state index contributed by atoms with van der Waals surface area (Å²) in [5.74, 6) is -1.00. The van der Waals surface area contributed by atoms with E-state index in [1.807, 2.05) is 9.96 Å². The Balaban J connectivity index is 1.61. The molecule has 1 aliphatic rings. The molecule has 0 atom stereocenters. The minimum atomic E-state index is -0.572. The number of halogens is 2. The number of fused-ring (bicyclic) bond motifs is 1. The predicted octanol–water partition coefficient (Wildman–Crippen LogP) is 3.05. The number of benzene rings is 2. The maximum Gasteiger partial charge on any atom is 0.273 e. The molecule has 0 bridgehead atoms. The fourth-order valence-electron chi connectivity index (χ4n) is 4.18. The van der Waals surface area contributed by atoms with Gasteiger partial charge in [0.25, 0.3) is 5.56 Å². The molecule has 33 heavy (non-hydrogen) atoms. The summed E-state index contributed by atoms with van der Waals surface area (Å²) in [5, 5.41) is 13.2. The number of aromatic amines is 1. The van der Waals surface area contributed by atoms with Crippen molar-refractivity contribution in [3.63, 3.8) is 0 Å². The van der Waals surface area contributed by atoms with Crippen LogP contribution in [0, 0.1) is 18.6 Å². The molecule has 0 radical (unpaired) electrons. The highest BCUT2D eigenvalue weighted by atomic mass is 19.1. The van der Waals surface area contributed by atoms with Crippen LogP contribution in [0.3, 0.4) is 0 Å². The molecule has 10 heteroatoms. The van der Waals surface area contributed by atoms with Crippen molar-refractivity contribution < 1.29 is 13.6 Å². The van der Waals surface area contributed by atoms with Crippen molar-refractivity contribution in [2.45, 2.75) is 6.92 Å². The van der Waals surface area contributed by atoms with Crippen LogP contribution in [0.15, 0.2) is 47.3 Å². The van der Waals surface area contributed by atoms with Crippen LogP contribution in [-0.2, 0) is 4.84 Å². The van der Waals surface area contributed by atoms with Gasteiger partial charge in [-0.1, -0.05) is 18.2 Å².